The van der Waals surface area contributed by atoms with Crippen molar-refractivity contribution in [2.75, 3.05) is 32.0 Å². The summed E-state index contributed by atoms with van der Waals surface area (Å²) in [5, 5.41) is 13.9. The standard InChI is InChI=1S/C13H21N5O2/c1-18(7-10-3-2-6-14-10)8-11(19)15-13-17-16-12(20-13)9-4-5-9/h9-10,14H,2-8H2,1H3,(H,15,17,19). The van der Waals surface area contributed by atoms with Gasteiger partial charge in [0.05, 0.1) is 6.54 Å². The third kappa shape index (κ3) is 3.55. The molecule has 3 rings (SSSR count). The van der Waals surface area contributed by atoms with E-state index in [1.165, 1.54) is 12.8 Å². The Morgan fingerprint density at radius 2 is 2.30 bits per heavy atom. The molecule has 0 spiro atoms. The van der Waals surface area contributed by atoms with Gasteiger partial charge in [0.25, 0.3) is 0 Å². The van der Waals surface area contributed by atoms with Crippen LogP contribution in [0.5, 0.6) is 0 Å². The lowest BCUT2D eigenvalue weighted by atomic mass is 10.2. The lowest BCUT2D eigenvalue weighted by molar-refractivity contribution is -0.117. The van der Waals surface area contributed by atoms with Gasteiger partial charge in [-0.15, -0.1) is 5.10 Å². The zero-order chi connectivity index (χ0) is 13.9. The second kappa shape index (κ2) is 5.88. The van der Waals surface area contributed by atoms with Crippen LogP contribution in [-0.2, 0) is 4.79 Å². The number of likely N-dealkylation sites (N-methyl/N-ethyl adjacent to an activating group) is 1. The van der Waals surface area contributed by atoms with E-state index in [2.05, 4.69) is 20.8 Å². The highest BCUT2D eigenvalue weighted by Crippen LogP contribution is 2.39. The van der Waals surface area contributed by atoms with Crippen LogP contribution in [0.15, 0.2) is 4.42 Å². The molecule has 2 N–H and O–H groups in total. The lowest BCUT2D eigenvalue weighted by Crippen LogP contribution is -2.39. The maximum absolute atomic E-state index is 11.9. The first-order valence-corrected chi connectivity index (χ1v) is 7.26. The minimum atomic E-state index is -0.114. The van der Waals surface area contributed by atoms with Gasteiger partial charge in [0.1, 0.15) is 0 Å². The topological polar surface area (TPSA) is 83.3 Å². The van der Waals surface area contributed by atoms with Crippen molar-refractivity contribution in [3.05, 3.63) is 5.89 Å². The van der Waals surface area contributed by atoms with Crippen molar-refractivity contribution in [2.45, 2.75) is 37.6 Å². The van der Waals surface area contributed by atoms with Gasteiger partial charge in [-0.25, -0.2) is 0 Å². The predicted molar refractivity (Wildman–Crippen MR) is 73.4 cm³/mol. The maximum Gasteiger partial charge on any atom is 0.322 e. The highest BCUT2D eigenvalue weighted by atomic mass is 16.4. The molecule has 1 unspecified atom stereocenters. The second-order valence-corrected chi connectivity index (χ2v) is 5.76. The van der Waals surface area contributed by atoms with Gasteiger partial charge in [0.15, 0.2) is 0 Å². The third-order valence-electron chi connectivity index (χ3n) is 3.72. The fraction of sp³-hybridized carbons (Fsp3) is 0.769. The molecule has 1 aromatic heterocycles. The number of hydrogen-bond acceptors (Lipinski definition) is 6. The van der Waals surface area contributed by atoms with E-state index in [4.69, 9.17) is 4.42 Å². The summed E-state index contributed by atoms with van der Waals surface area (Å²) in [6, 6.07) is 0.710. The first kappa shape index (κ1) is 13.5. The average Bonchev–Trinajstić information content (AvgIpc) is 2.93. The Kier molecular flexibility index (Phi) is 3.98. The highest BCUT2D eigenvalue weighted by Gasteiger charge is 2.29. The Hall–Kier alpha value is -1.47. The zero-order valence-electron chi connectivity index (χ0n) is 11.8. The van der Waals surface area contributed by atoms with E-state index in [1.54, 1.807) is 0 Å². The molecule has 7 nitrogen and oxygen atoms in total. The van der Waals surface area contributed by atoms with Crippen molar-refractivity contribution in [1.82, 2.24) is 20.4 Å². The van der Waals surface area contributed by atoms with Gasteiger partial charge in [-0.2, -0.15) is 0 Å². The number of hydrogen-bond donors (Lipinski definition) is 2. The number of carbonyl (C=O) groups excluding carboxylic acids is 1. The molecule has 0 aromatic carbocycles. The Morgan fingerprint density at radius 3 is 3.00 bits per heavy atom. The molecule has 1 saturated carbocycles. The molecular formula is C13H21N5O2. The zero-order valence-corrected chi connectivity index (χ0v) is 11.8. The van der Waals surface area contributed by atoms with E-state index >= 15 is 0 Å². The van der Waals surface area contributed by atoms with Crippen molar-refractivity contribution < 1.29 is 9.21 Å². The van der Waals surface area contributed by atoms with Crippen LogP contribution >= 0.6 is 0 Å². The van der Waals surface area contributed by atoms with E-state index in [1.807, 2.05) is 11.9 Å². The third-order valence-corrected chi connectivity index (χ3v) is 3.72. The molecule has 1 aliphatic heterocycles. The van der Waals surface area contributed by atoms with E-state index < -0.39 is 0 Å². The smallest absolute Gasteiger partial charge is 0.322 e. The Morgan fingerprint density at radius 1 is 1.45 bits per heavy atom. The van der Waals surface area contributed by atoms with Crippen molar-refractivity contribution in [3.8, 4) is 0 Å². The number of anilines is 1. The van der Waals surface area contributed by atoms with Crippen LogP contribution in [0.3, 0.4) is 0 Å². The SMILES string of the molecule is CN(CC(=O)Nc1nnc(C2CC2)o1)CC1CCCN1. The maximum atomic E-state index is 11.9. The molecule has 1 aliphatic carbocycles. The Labute approximate surface area is 118 Å². The largest absolute Gasteiger partial charge is 0.408 e. The minimum Gasteiger partial charge on any atom is -0.408 e. The van der Waals surface area contributed by atoms with Gasteiger partial charge >= 0.3 is 6.01 Å². The summed E-state index contributed by atoms with van der Waals surface area (Å²) in [4.78, 5) is 13.9. The summed E-state index contributed by atoms with van der Waals surface area (Å²) in [6.07, 6.45) is 4.61. The Balaban J connectivity index is 1.43. The van der Waals surface area contributed by atoms with E-state index in [0.29, 0.717) is 24.4 Å². The fourth-order valence-corrected chi connectivity index (χ4v) is 2.54. The van der Waals surface area contributed by atoms with Gasteiger partial charge in [-0.05, 0) is 39.3 Å². The number of carbonyl (C=O) groups is 1. The van der Waals surface area contributed by atoms with Crippen molar-refractivity contribution >= 4 is 11.9 Å². The van der Waals surface area contributed by atoms with Crippen LogP contribution in [0.4, 0.5) is 6.01 Å². The van der Waals surface area contributed by atoms with E-state index in [9.17, 15) is 4.79 Å². The molecule has 1 amide bonds. The molecule has 1 saturated heterocycles. The number of nitrogens with zero attached hydrogens (tertiary/aromatic N) is 3. The summed E-state index contributed by atoms with van der Waals surface area (Å²) in [7, 11) is 1.95. The molecule has 110 valence electrons. The number of nitrogens with one attached hydrogen (secondary N) is 2. The normalized spacial score (nSPS) is 22.4. The fourth-order valence-electron chi connectivity index (χ4n) is 2.54. The molecule has 2 aliphatic rings. The molecule has 7 heteroatoms. The quantitative estimate of drug-likeness (QED) is 0.792. The number of aromatic nitrogens is 2. The van der Waals surface area contributed by atoms with Gasteiger partial charge in [-0.3, -0.25) is 15.0 Å². The average molecular weight is 279 g/mol. The number of amides is 1. The predicted octanol–water partition coefficient (Wildman–Crippen LogP) is 0.569. The van der Waals surface area contributed by atoms with Crippen LogP contribution in [-0.4, -0.2) is 53.7 Å². The molecule has 2 fully saturated rings. The van der Waals surface area contributed by atoms with Crippen molar-refractivity contribution in [1.29, 1.82) is 0 Å². The number of rotatable bonds is 6. The molecule has 0 bridgehead atoms. The van der Waals surface area contributed by atoms with E-state index in [-0.39, 0.29) is 11.9 Å². The minimum absolute atomic E-state index is 0.114. The highest BCUT2D eigenvalue weighted by molar-refractivity contribution is 5.90. The molecular weight excluding hydrogens is 258 g/mol. The Bertz CT molecular complexity index is 465. The van der Waals surface area contributed by atoms with Gasteiger partial charge in [0.2, 0.25) is 11.8 Å². The van der Waals surface area contributed by atoms with Gasteiger partial charge in [-0.1, -0.05) is 5.10 Å². The molecule has 1 atom stereocenters. The van der Waals surface area contributed by atoms with Gasteiger partial charge in [0, 0.05) is 18.5 Å². The van der Waals surface area contributed by atoms with Crippen LogP contribution in [0, 0.1) is 0 Å². The summed E-state index contributed by atoms with van der Waals surface area (Å²) < 4.78 is 5.41. The van der Waals surface area contributed by atoms with Crippen molar-refractivity contribution in [2.24, 2.45) is 0 Å². The van der Waals surface area contributed by atoms with Crippen LogP contribution in [0.25, 0.3) is 0 Å². The first-order valence-electron chi connectivity index (χ1n) is 7.26. The van der Waals surface area contributed by atoms with Crippen molar-refractivity contribution in [3.63, 3.8) is 0 Å². The first-order chi connectivity index (χ1) is 9.70. The molecule has 1 aromatic rings. The van der Waals surface area contributed by atoms with Gasteiger partial charge < -0.3 is 9.73 Å². The molecule has 0 radical (unpaired) electrons. The molecule has 20 heavy (non-hydrogen) atoms. The second-order valence-electron chi connectivity index (χ2n) is 5.76. The summed E-state index contributed by atoms with van der Waals surface area (Å²) in [5.41, 5.74) is 0. The molecule has 2 heterocycles. The lowest BCUT2D eigenvalue weighted by Gasteiger charge is -2.19. The van der Waals surface area contributed by atoms with Crippen LogP contribution in [0.2, 0.25) is 0 Å². The van der Waals surface area contributed by atoms with Crippen LogP contribution < -0.4 is 10.6 Å². The van der Waals surface area contributed by atoms with E-state index in [0.717, 1.165) is 25.9 Å². The summed E-state index contributed by atoms with van der Waals surface area (Å²) in [6.45, 7) is 2.29. The summed E-state index contributed by atoms with van der Waals surface area (Å²) >= 11 is 0. The monoisotopic (exact) mass is 279 g/mol. The van der Waals surface area contributed by atoms with Crippen LogP contribution in [0.1, 0.15) is 37.5 Å². The summed E-state index contributed by atoms with van der Waals surface area (Å²) in [5.74, 6) is 0.935.